The molecule has 1 spiro atoms. The quantitative estimate of drug-likeness (QED) is 0.759. The van der Waals surface area contributed by atoms with Crippen LogP contribution >= 0.6 is 0 Å². The summed E-state index contributed by atoms with van der Waals surface area (Å²) in [5.74, 6) is 1.34. The number of piperidine rings is 1. The van der Waals surface area contributed by atoms with Crippen molar-refractivity contribution in [2.24, 2.45) is 5.41 Å². The van der Waals surface area contributed by atoms with E-state index >= 15 is 0 Å². The van der Waals surface area contributed by atoms with Crippen LogP contribution in [0.25, 0.3) is 11.1 Å². The molecule has 1 atom stereocenters. The highest BCUT2D eigenvalue weighted by atomic mass is 19.1. The average Bonchev–Trinajstić information content (AvgIpc) is 3.43. The standard InChI is InChI=1S/C24H28FNO5/c25-19-9-18(17-1-2-22-23(11-17)31-16-30-22)10-21(12-19)29-14-20(27)13-26-6-3-24(4-7-26)5-8-28-15-24/h1-2,9-12,20,27H,3-8,13-16H2. The van der Waals surface area contributed by atoms with Crippen LogP contribution in [0.2, 0.25) is 0 Å². The molecule has 2 aromatic rings. The highest BCUT2D eigenvalue weighted by Gasteiger charge is 2.38. The maximum atomic E-state index is 14.2. The zero-order valence-electron chi connectivity index (χ0n) is 17.5. The molecule has 6 nitrogen and oxygen atoms in total. The number of ether oxygens (including phenoxy) is 4. The van der Waals surface area contributed by atoms with Gasteiger partial charge >= 0.3 is 0 Å². The molecular weight excluding hydrogens is 401 g/mol. The van der Waals surface area contributed by atoms with Crippen molar-refractivity contribution >= 4 is 0 Å². The first-order valence-corrected chi connectivity index (χ1v) is 10.9. The van der Waals surface area contributed by atoms with Gasteiger partial charge in [0.15, 0.2) is 11.5 Å². The summed E-state index contributed by atoms with van der Waals surface area (Å²) in [7, 11) is 0. The third-order valence-electron chi connectivity index (χ3n) is 6.59. The summed E-state index contributed by atoms with van der Waals surface area (Å²) >= 11 is 0. The largest absolute Gasteiger partial charge is 0.491 e. The number of likely N-dealkylation sites (tertiary alicyclic amines) is 1. The lowest BCUT2D eigenvalue weighted by Crippen LogP contribution is -2.44. The van der Waals surface area contributed by atoms with Crippen LogP contribution in [0.5, 0.6) is 17.2 Å². The van der Waals surface area contributed by atoms with Crippen molar-refractivity contribution in [3.8, 4) is 28.4 Å². The highest BCUT2D eigenvalue weighted by Crippen LogP contribution is 2.39. The zero-order chi connectivity index (χ0) is 21.3. The Morgan fingerprint density at radius 1 is 1.03 bits per heavy atom. The van der Waals surface area contributed by atoms with E-state index < -0.39 is 6.10 Å². The Balaban J connectivity index is 1.17. The van der Waals surface area contributed by atoms with E-state index in [9.17, 15) is 9.50 Å². The molecule has 0 aromatic heterocycles. The molecule has 0 amide bonds. The number of fused-ring (bicyclic) bond motifs is 1. The molecule has 7 heteroatoms. The van der Waals surface area contributed by atoms with E-state index in [0.717, 1.165) is 51.1 Å². The lowest BCUT2D eigenvalue weighted by atomic mass is 9.78. The summed E-state index contributed by atoms with van der Waals surface area (Å²) < 4.78 is 36.3. The molecule has 2 saturated heterocycles. The number of β-amino-alcohol motifs (C(OH)–C–C–N with tert-alkyl or cyclic N) is 1. The number of aliphatic hydroxyl groups is 1. The number of nitrogens with zero attached hydrogens (tertiary/aromatic N) is 1. The van der Waals surface area contributed by atoms with Gasteiger partial charge in [-0.1, -0.05) is 6.07 Å². The van der Waals surface area contributed by atoms with Gasteiger partial charge in [-0.25, -0.2) is 4.39 Å². The van der Waals surface area contributed by atoms with E-state index in [1.807, 2.05) is 18.2 Å². The summed E-state index contributed by atoms with van der Waals surface area (Å²) in [6, 6.07) is 10.1. The molecule has 2 aromatic carbocycles. The number of hydrogen-bond acceptors (Lipinski definition) is 6. The second kappa shape index (κ2) is 8.65. The van der Waals surface area contributed by atoms with Crippen molar-refractivity contribution in [1.82, 2.24) is 4.90 Å². The summed E-state index contributed by atoms with van der Waals surface area (Å²) in [6.07, 6.45) is 2.75. The number of rotatable bonds is 6. The van der Waals surface area contributed by atoms with Gasteiger partial charge in [-0.2, -0.15) is 0 Å². The van der Waals surface area contributed by atoms with Crippen molar-refractivity contribution in [3.63, 3.8) is 0 Å². The van der Waals surface area contributed by atoms with E-state index in [-0.39, 0.29) is 19.2 Å². The normalized spacial score (nSPS) is 20.8. The highest BCUT2D eigenvalue weighted by molar-refractivity contribution is 5.68. The third-order valence-corrected chi connectivity index (χ3v) is 6.59. The zero-order valence-corrected chi connectivity index (χ0v) is 17.5. The third kappa shape index (κ3) is 4.63. The summed E-state index contributed by atoms with van der Waals surface area (Å²) in [5.41, 5.74) is 1.85. The first kappa shape index (κ1) is 20.5. The second-order valence-electron chi connectivity index (χ2n) is 8.81. The maximum absolute atomic E-state index is 14.2. The molecule has 0 saturated carbocycles. The van der Waals surface area contributed by atoms with Gasteiger partial charge < -0.3 is 29.0 Å². The van der Waals surface area contributed by atoms with Gasteiger partial charge in [-0.3, -0.25) is 0 Å². The average molecular weight is 429 g/mol. The SMILES string of the molecule is OC(COc1cc(F)cc(-c2ccc3c(c2)OCO3)c1)CN1CCC2(CCOC2)CC1. The predicted molar refractivity (Wildman–Crippen MR) is 113 cm³/mol. The van der Waals surface area contributed by atoms with Crippen LogP contribution in [0.3, 0.4) is 0 Å². The summed E-state index contributed by atoms with van der Waals surface area (Å²) in [5, 5.41) is 10.5. The Hall–Kier alpha value is -2.35. The van der Waals surface area contributed by atoms with Crippen LogP contribution in [0, 0.1) is 11.2 Å². The second-order valence-corrected chi connectivity index (χ2v) is 8.81. The molecule has 1 unspecified atom stereocenters. The van der Waals surface area contributed by atoms with Crippen LogP contribution in [-0.2, 0) is 4.74 Å². The van der Waals surface area contributed by atoms with E-state index in [1.54, 1.807) is 6.07 Å². The van der Waals surface area contributed by atoms with Gasteiger partial charge in [0.25, 0.3) is 0 Å². The topological polar surface area (TPSA) is 60.4 Å². The fraction of sp³-hybridized carbons (Fsp3) is 0.500. The Labute approximate surface area is 181 Å². The number of halogens is 1. The summed E-state index contributed by atoms with van der Waals surface area (Å²) in [4.78, 5) is 2.28. The lowest BCUT2D eigenvalue weighted by molar-refractivity contribution is 0.0319. The molecule has 0 bridgehead atoms. The van der Waals surface area contributed by atoms with Crippen molar-refractivity contribution < 1.29 is 28.4 Å². The molecule has 1 N–H and O–H groups in total. The minimum absolute atomic E-state index is 0.120. The first-order chi connectivity index (χ1) is 15.1. The van der Waals surface area contributed by atoms with E-state index in [1.165, 1.54) is 12.1 Å². The Morgan fingerprint density at radius 3 is 2.68 bits per heavy atom. The number of benzene rings is 2. The smallest absolute Gasteiger partial charge is 0.231 e. The predicted octanol–water partition coefficient (Wildman–Crippen LogP) is 3.46. The van der Waals surface area contributed by atoms with Gasteiger partial charge in [-0.05, 0) is 73.2 Å². The Morgan fingerprint density at radius 2 is 1.87 bits per heavy atom. The molecule has 5 rings (SSSR count). The Bertz CT molecular complexity index is 920. The first-order valence-electron chi connectivity index (χ1n) is 10.9. The van der Waals surface area contributed by atoms with Crippen molar-refractivity contribution in [1.29, 1.82) is 0 Å². The van der Waals surface area contributed by atoms with Crippen LogP contribution < -0.4 is 14.2 Å². The van der Waals surface area contributed by atoms with Crippen LogP contribution in [0.15, 0.2) is 36.4 Å². The molecule has 0 aliphatic carbocycles. The van der Waals surface area contributed by atoms with E-state index in [4.69, 9.17) is 18.9 Å². The minimum atomic E-state index is -0.633. The van der Waals surface area contributed by atoms with E-state index in [0.29, 0.717) is 34.8 Å². The monoisotopic (exact) mass is 429 g/mol. The maximum Gasteiger partial charge on any atom is 0.231 e. The molecule has 0 radical (unpaired) electrons. The van der Waals surface area contributed by atoms with Crippen LogP contribution in [-0.4, -0.2) is 62.4 Å². The van der Waals surface area contributed by atoms with E-state index in [2.05, 4.69) is 4.90 Å². The fourth-order valence-corrected chi connectivity index (χ4v) is 4.69. The molecular formula is C24H28FNO5. The minimum Gasteiger partial charge on any atom is -0.491 e. The van der Waals surface area contributed by atoms with Gasteiger partial charge in [0, 0.05) is 19.2 Å². The van der Waals surface area contributed by atoms with Gasteiger partial charge in [0.2, 0.25) is 6.79 Å². The Kier molecular flexibility index (Phi) is 5.73. The van der Waals surface area contributed by atoms with Crippen molar-refractivity contribution in [2.75, 3.05) is 46.2 Å². The van der Waals surface area contributed by atoms with Crippen LogP contribution in [0.4, 0.5) is 4.39 Å². The van der Waals surface area contributed by atoms with Gasteiger partial charge in [0.1, 0.15) is 24.3 Å². The van der Waals surface area contributed by atoms with Gasteiger partial charge in [-0.15, -0.1) is 0 Å². The molecule has 3 aliphatic rings. The molecule has 3 aliphatic heterocycles. The molecule has 3 heterocycles. The van der Waals surface area contributed by atoms with Crippen molar-refractivity contribution in [3.05, 3.63) is 42.2 Å². The fourth-order valence-electron chi connectivity index (χ4n) is 4.69. The van der Waals surface area contributed by atoms with Crippen LogP contribution in [0.1, 0.15) is 19.3 Å². The molecule has 31 heavy (non-hydrogen) atoms. The molecule has 2 fully saturated rings. The van der Waals surface area contributed by atoms with Gasteiger partial charge in [0.05, 0.1) is 6.61 Å². The van der Waals surface area contributed by atoms with Crippen molar-refractivity contribution in [2.45, 2.75) is 25.4 Å². The lowest BCUT2D eigenvalue weighted by Gasteiger charge is -2.38. The molecule has 166 valence electrons. The number of aliphatic hydroxyl groups excluding tert-OH is 1. The number of hydrogen-bond donors (Lipinski definition) is 1. The summed E-state index contributed by atoms with van der Waals surface area (Å²) in [6.45, 7) is 4.55.